The molecule has 5 heteroatoms. The summed E-state index contributed by atoms with van der Waals surface area (Å²) in [6.45, 7) is 0. The number of rotatable bonds is 4. The van der Waals surface area contributed by atoms with Crippen LogP contribution in [0.3, 0.4) is 0 Å². The molecule has 0 bridgehead atoms. The van der Waals surface area contributed by atoms with Crippen LogP contribution in [0.2, 0.25) is 0 Å². The first-order valence-electron chi connectivity index (χ1n) is 5.77. The highest BCUT2D eigenvalue weighted by Gasteiger charge is 2.23. The summed E-state index contributed by atoms with van der Waals surface area (Å²) >= 11 is 0. The van der Waals surface area contributed by atoms with E-state index in [1.807, 2.05) is 0 Å². The van der Waals surface area contributed by atoms with Gasteiger partial charge in [0.05, 0.1) is 6.07 Å². The van der Waals surface area contributed by atoms with Crippen molar-refractivity contribution in [3.8, 4) is 6.07 Å². The second kappa shape index (κ2) is 5.32. The maximum atomic E-state index is 11.7. The summed E-state index contributed by atoms with van der Waals surface area (Å²) in [6, 6.07) is 8.70. The first kappa shape index (κ1) is 12.1. The monoisotopic (exact) mass is 243 g/mol. The summed E-state index contributed by atoms with van der Waals surface area (Å²) in [6.07, 6.45) is 1.92. The van der Waals surface area contributed by atoms with Crippen molar-refractivity contribution in [1.29, 1.82) is 5.26 Å². The minimum Gasteiger partial charge on any atom is -0.349 e. The summed E-state index contributed by atoms with van der Waals surface area (Å²) in [5, 5.41) is 13.8. The van der Waals surface area contributed by atoms with Gasteiger partial charge in [-0.3, -0.25) is 9.59 Å². The SMILES string of the molecule is N#CCC(=O)Nc1ccc(C(=O)NC2CC2)cc1. The number of nitrogens with zero attached hydrogens (tertiary/aromatic N) is 1. The van der Waals surface area contributed by atoms with Gasteiger partial charge in [0.25, 0.3) is 5.91 Å². The number of nitriles is 1. The predicted molar refractivity (Wildman–Crippen MR) is 65.8 cm³/mol. The lowest BCUT2D eigenvalue weighted by atomic mass is 10.2. The minimum absolute atomic E-state index is 0.0904. The fraction of sp³-hybridized carbons (Fsp3) is 0.308. The van der Waals surface area contributed by atoms with Gasteiger partial charge in [-0.25, -0.2) is 0 Å². The molecule has 0 radical (unpaired) electrons. The third-order valence-corrected chi connectivity index (χ3v) is 2.58. The molecule has 0 aliphatic heterocycles. The van der Waals surface area contributed by atoms with Crippen LogP contribution in [0.25, 0.3) is 0 Å². The number of hydrogen-bond donors (Lipinski definition) is 2. The lowest BCUT2D eigenvalue weighted by molar-refractivity contribution is -0.115. The van der Waals surface area contributed by atoms with Gasteiger partial charge >= 0.3 is 0 Å². The number of benzene rings is 1. The van der Waals surface area contributed by atoms with Crippen molar-refractivity contribution in [3.63, 3.8) is 0 Å². The van der Waals surface area contributed by atoms with Gasteiger partial charge in [0.15, 0.2) is 0 Å². The molecule has 18 heavy (non-hydrogen) atoms. The van der Waals surface area contributed by atoms with Gasteiger partial charge in [-0.15, -0.1) is 0 Å². The number of nitrogens with one attached hydrogen (secondary N) is 2. The Bertz CT molecular complexity index is 498. The van der Waals surface area contributed by atoms with Crippen LogP contribution in [0.5, 0.6) is 0 Å². The fourth-order valence-corrected chi connectivity index (χ4v) is 1.48. The average Bonchev–Trinajstić information content (AvgIpc) is 3.14. The van der Waals surface area contributed by atoms with Crippen molar-refractivity contribution in [2.75, 3.05) is 5.32 Å². The molecule has 1 fully saturated rings. The van der Waals surface area contributed by atoms with Crippen molar-refractivity contribution in [2.24, 2.45) is 0 Å². The summed E-state index contributed by atoms with van der Waals surface area (Å²) in [5.74, 6) is -0.444. The number of hydrogen-bond acceptors (Lipinski definition) is 3. The van der Waals surface area contributed by atoms with Gasteiger partial charge in [0, 0.05) is 17.3 Å². The van der Waals surface area contributed by atoms with E-state index in [0.29, 0.717) is 17.3 Å². The first-order chi connectivity index (χ1) is 8.69. The van der Waals surface area contributed by atoms with Crippen LogP contribution < -0.4 is 10.6 Å². The van der Waals surface area contributed by atoms with Gasteiger partial charge in [-0.1, -0.05) is 0 Å². The van der Waals surface area contributed by atoms with Crippen molar-refractivity contribution >= 4 is 17.5 Å². The van der Waals surface area contributed by atoms with Gasteiger partial charge < -0.3 is 10.6 Å². The van der Waals surface area contributed by atoms with Gasteiger partial charge in [-0.2, -0.15) is 5.26 Å². The lowest BCUT2D eigenvalue weighted by Gasteiger charge is -2.05. The van der Waals surface area contributed by atoms with E-state index in [4.69, 9.17) is 5.26 Å². The van der Waals surface area contributed by atoms with Crippen molar-refractivity contribution in [2.45, 2.75) is 25.3 Å². The molecule has 0 spiro atoms. The first-order valence-corrected chi connectivity index (χ1v) is 5.77. The molecule has 5 nitrogen and oxygen atoms in total. The molecule has 1 aromatic carbocycles. The molecule has 2 rings (SSSR count). The Morgan fingerprint density at radius 1 is 1.28 bits per heavy atom. The maximum absolute atomic E-state index is 11.7. The smallest absolute Gasteiger partial charge is 0.251 e. The summed E-state index contributed by atoms with van der Waals surface area (Å²) in [5.41, 5.74) is 1.15. The Kier molecular flexibility index (Phi) is 3.58. The average molecular weight is 243 g/mol. The van der Waals surface area contributed by atoms with E-state index in [1.54, 1.807) is 30.3 Å². The van der Waals surface area contributed by atoms with Gasteiger partial charge in [-0.05, 0) is 37.1 Å². The molecule has 0 saturated heterocycles. The molecule has 1 aromatic rings. The zero-order valence-electron chi connectivity index (χ0n) is 9.77. The highest BCUT2D eigenvalue weighted by molar-refractivity contribution is 5.96. The molecule has 0 unspecified atom stereocenters. The molecular formula is C13H13N3O2. The van der Waals surface area contributed by atoms with Crippen LogP contribution in [0.4, 0.5) is 5.69 Å². The number of carbonyl (C=O) groups is 2. The van der Waals surface area contributed by atoms with Crippen molar-refractivity contribution < 1.29 is 9.59 Å². The van der Waals surface area contributed by atoms with E-state index in [1.165, 1.54) is 0 Å². The molecule has 92 valence electrons. The summed E-state index contributed by atoms with van der Waals surface area (Å²) in [7, 11) is 0. The number of anilines is 1. The molecular weight excluding hydrogens is 230 g/mol. The molecule has 1 saturated carbocycles. The highest BCUT2D eigenvalue weighted by Crippen LogP contribution is 2.19. The molecule has 0 atom stereocenters. The lowest BCUT2D eigenvalue weighted by Crippen LogP contribution is -2.25. The second-order valence-corrected chi connectivity index (χ2v) is 4.21. The molecule has 1 aliphatic carbocycles. The van der Waals surface area contributed by atoms with E-state index in [2.05, 4.69) is 10.6 Å². The third kappa shape index (κ3) is 3.32. The fourth-order valence-electron chi connectivity index (χ4n) is 1.48. The van der Waals surface area contributed by atoms with E-state index in [-0.39, 0.29) is 18.2 Å². The van der Waals surface area contributed by atoms with Crippen LogP contribution in [0.15, 0.2) is 24.3 Å². The normalized spacial score (nSPS) is 13.5. The molecule has 1 aliphatic rings. The van der Waals surface area contributed by atoms with E-state index in [9.17, 15) is 9.59 Å². The van der Waals surface area contributed by atoms with Gasteiger partial charge in [0.1, 0.15) is 6.42 Å². The highest BCUT2D eigenvalue weighted by atomic mass is 16.2. The Balaban J connectivity index is 1.94. The molecule has 2 N–H and O–H groups in total. The molecule has 2 amide bonds. The zero-order valence-corrected chi connectivity index (χ0v) is 9.77. The minimum atomic E-state index is -0.354. The third-order valence-electron chi connectivity index (χ3n) is 2.58. The van der Waals surface area contributed by atoms with Crippen LogP contribution in [0, 0.1) is 11.3 Å². The molecule has 0 heterocycles. The molecule has 0 aromatic heterocycles. The predicted octanol–water partition coefficient (Wildman–Crippen LogP) is 1.43. The second-order valence-electron chi connectivity index (χ2n) is 4.21. The van der Waals surface area contributed by atoms with Crippen molar-refractivity contribution in [1.82, 2.24) is 5.32 Å². The Morgan fingerprint density at radius 3 is 2.50 bits per heavy atom. The zero-order chi connectivity index (χ0) is 13.0. The van der Waals surface area contributed by atoms with Gasteiger partial charge in [0.2, 0.25) is 5.91 Å². The Hall–Kier alpha value is -2.35. The van der Waals surface area contributed by atoms with Crippen LogP contribution >= 0.6 is 0 Å². The largest absolute Gasteiger partial charge is 0.349 e. The Labute approximate surface area is 105 Å². The topological polar surface area (TPSA) is 82.0 Å². The standard InChI is InChI=1S/C13H13N3O2/c14-8-7-12(17)15-10-3-1-9(2-4-10)13(18)16-11-5-6-11/h1-4,11H,5-7H2,(H,15,17)(H,16,18). The van der Waals surface area contributed by atoms with Crippen LogP contribution in [-0.2, 0) is 4.79 Å². The Morgan fingerprint density at radius 2 is 1.94 bits per heavy atom. The van der Waals surface area contributed by atoms with E-state index >= 15 is 0 Å². The quantitative estimate of drug-likeness (QED) is 0.839. The van der Waals surface area contributed by atoms with Crippen LogP contribution in [-0.4, -0.2) is 17.9 Å². The van der Waals surface area contributed by atoms with Crippen LogP contribution in [0.1, 0.15) is 29.6 Å². The van der Waals surface area contributed by atoms with E-state index < -0.39 is 0 Å². The van der Waals surface area contributed by atoms with E-state index in [0.717, 1.165) is 12.8 Å². The number of carbonyl (C=O) groups excluding carboxylic acids is 2. The number of amides is 2. The van der Waals surface area contributed by atoms with Crippen molar-refractivity contribution in [3.05, 3.63) is 29.8 Å². The maximum Gasteiger partial charge on any atom is 0.251 e. The summed E-state index contributed by atoms with van der Waals surface area (Å²) in [4.78, 5) is 22.9. The summed E-state index contributed by atoms with van der Waals surface area (Å²) < 4.78 is 0.